The van der Waals surface area contributed by atoms with Crippen molar-refractivity contribution >= 4 is 31.8 Å². The van der Waals surface area contributed by atoms with Gasteiger partial charge in [-0.25, -0.2) is 12.1 Å². The molecule has 2 aliphatic rings. The molecular weight excluding hydrogens is 434 g/mol. The lowest BCUT2D eigenvalue weighted by atomic mass is 9.99. The molecule has 0 saturated heterocycles. The molecule has 0 nitrogen and oxygen atoms in total. The molecule has 2 heteroatoms. The van der Waals surface area contributed by atoms with Gasteiger partial charge in [0.15, 0.2) is 0 Å². The number of rotatable bonds is 7. The van der Waals surface area contributed by atoms with Gasteiger partial charge in [0.25, 0.3) is 0 Å². The zero-order valence-electron chi connectivity index (χ0n) is 20.2. The standard InChI is InChI=1S/C31H39P2/c1-25(32(26-15-6-2-7-16-26)27-17-8-3-9-18-27)30-23-14-24-31(30)33(28-19-10-4-11-20-28)29-21-12-5-13-22-29/h2-3,6-9,14-18,23-25,28-29H,4-5,10-13,19-22H2,1H3/q-1/t25-/m0/s1. The Bertz CT molecular complexity index is 907. The first-order valence-electron chi connectivity index (χ1n) is 13.3. The lowest BCUT2D eigenvalue weighted by Crippen LogP contribution is -2.28. The van der Waals surface area contributed by atoms with E-state index in [2.05, 4.69) is 85.8 Å². The zero-order chi connectivity index (χ0) is 22.5. The van der Waals surface area contributed by atoms with Crippen LogP contribution in [0.4, 0.5) is 0 Å². The van der Waals surface area contributed by atoms with Crippen LogP contribution in [0.25, 0.3) is 0 Å². The fourth-order valence-corrected chi connectivity index (χ4v) is 13.2. The van der Waals surface area contributed by atoms with Crippen LogP contribution in [0.3, 0.4) is 0 Å². The molecule has 3 aromatic carbocycles. The van der Waals surface area contributed by atoms with Crippen molar-refractivity contribution < 1.29 is 0 Å². The Labute approximate surface area is 204 Å². The van der Waals surface area contributed by atoms with E-state index in [1.807, 2.05) is 0 Å². The maximum absolute atomic E-state index is 2.56. The monoisotopic (exact) mass is 473 g/mol. The van der Waals surface area contributed by atoms with Gasteiger partial charge in [0, 0.05) is 0 Å². The summed E-state index contributed by atoms with van der Waals surface area (Å²) in [5.74, 6) is 0. The minimum absolute atomic E-state index is 0.0605. The lowest BCUT2D eigenvalue weighted by molar-refractivity contribution is 0.487. The first-order chi connectivity index (χ1) is 16.3. The van der Waals surface area contributed by atoms with Gasteiger partial charge < -0.3 is 0 Å². The molecule has 3 aromatic rings. The largest absolute Gasteiger partial charge is 0.213 e. The Morgan fingerprint density at radius 1 is 0.636 bits per heavy atom. The molecule has 0 radical (unpaired) electrons. The van der Waals surface area contributed by atoms with Crippen molar-refractivity contribution in [2.75, 3.05) is 0 Å². The molecule has 33 heavy (non-hydrogen) atoms. The third-order valence-corrected chi connectivity index (χ3v) is 14.3. The van der Waals surface area contributed by atoms with Gasteiger partial charge >= 0.3 is 0 Å². The molecular formula is C31H39P2-. The van der Waals surface area contributed by atoms with Crippen LogP contribution in [0, 0.1) is 0 Å². The normalized spacial score (nSPS) is 19.2. The van der Waals surface area contributed by atoms with Gasteiger partial charge in [0.05, 0.1) is 0 Å². The molecule has 0 heterocycles. The third-order valence-electron chi connectivity index (χ3n) is 7.95. The van der Waals surface area contributed by atoms with Crippen molar-refractivity contribution in [1.29, 1.82) is 0 Å². The average molecular weight is 474 g/mol. The van der Waals surface area contributed by atoms with Gasteiger partial charge in [0.1, 0.15) is 0 Å². The highest BCUT2D eigenvalue weighted by atomic mass is 31.1. The molecule has 174 valence electrons. The smallest absolute Gasteiger partial charge is 0.0186 e. The summed E-state index contributed by atoms with van der Waals surface area (Å²) in [5, 5.41) is 4.81. The molecule has 2 fully saturated rings. The first-order valence-corrected chi connectivity index (χ1v) is 16.2. The van der Waals surface area contributed by atoms with Crippen LogP contribution in [0.15, 0.2) is 78.9 Å². The molecule has 0 unspecified atom stereocenters. The second-order valence-corrected chi connectivity index (χ2v) is 15.4. The average Bonchev–Trinajstić information content (AvgIpc) is 3.36. The van der Waals surface area contributed by atoms with Crippen molar-refractivity contribution in [2.45, 2.75) is 88.1 Å². The van der Waals surface area contributed by atoms with Gasteiger partial charge in [-0.2, -0.15) is 6.07 Å². The summed E-state index contributed by atoms with van der Waals surface area (Å²) in [6.45, 7) is 2.53. The highest BCUT2D eigenvalue weighted by Gasteiger charge is 2.32. The van der Waals surface area contributed by atoms with Crippen LogP contribution in [0.5, 0.6) is 0 Å². The van der Waals surface area contributed by atoms with Crippen molar-refractivity contribution in [1.82, 2.24) is 0 Å². The molecule has 1 atom stereocenters. The van der Waals surface area contributed by atoms with Crippen molar-refractivity contribution in [3.8, 4) is 0 Å². The number of hydrogen-bond acceptors (Lipinski definition) is 0. The molecule has 0 N–H and O–H groups in total. The zero-order valence-corrected chi connectivity index (χ0v) is 22.0. The van der Waals surface area contributed by atoms with E-state index in [0.29, 0.717) is 5.66 Å². The Hall–Kier alpha value is -1.35. The van der Waals surface area contributed by atoms with Crippen LogP contribution in [0.1, 0.15) is 82.4 Å². The van der Waals surface area contributed by atoms with Crippen LogP contribution in [-0.4, -0.2) is 11.3 Å². The minimum atomic E-state index is -0.428. The Kier molecular flexibility index (Phi) is 8.07. The quantitative estimate of drug-likeness (QED) is 0.239. The van der Waals surface area contributed by atoms with Crippen molar-refractivity contribution in [3.63, 3.8) is 0 Å². The molecule has 0 spiro atoms. The predicted molar refractivity (Wildman–Crippen MR) is 150 cm³/mol. The Balaban J connectivity index is 1.53. The Morgan fingerprint density at radius 3 is 1.61 bits per heavy atom. The summed E-state index contributed by atoms with van der Waals surface area (Å²) < 4.78 is 0. The molecule has 0 aromatic heterocycles. The van der Waals surface area contributed by atoms with Gasteiger partial charge in [-0.15, -0.1) is 10.9 Å². The van der Waals surface area contributed by atoms with Crippen LogP contribution in [-0.2, 0) is 0 Å². The SMILES string of the molecule is C[C@@H]([c-]1cccc1P(C1CCCCC1)C1CCCCC1)P(c1ccccc1)c1ccccc1. The van der Waals surface area contributed by atoms with Crippen molar-refractivity contribution in [3.05, 3.63) is 84.4 Å². The summed E-state index contributed by atoms with van der Waals surface area (Å²) in [7, 11) is -0.489. The summed E-state index contributed by atoms with van der Waals surface area (Å²) >= 11 is 0. The predicted octanol–water partition coefficient (Wildman–Crippen LogP) is 8.37. The number of hydrogen-bond donors (Lipinski definition) is 0. The minimum Gasteiger partial charge on any atom is -0.213 e. The van der Waals surface area contributed by atoms with E-state index in [1.54, 1.807) is 10.9 Å². The summed E-state index contributed by atoms with van der Waals surface area (Å²) in [5.41, 5.74) is 4.15. The second kappa shape index (κ2) is 11.4. The summed E-state index contributed by atoms with van der Waals surface area (Å²) in [6.07, 6.45) is 14.7. The van der Waals surface area contributed by atoms with Crippen LogP contribution in [0.2, 0.25) is 0 Å². The number of benzene rings is 2. The van der Waals surface area contributed by atoms with E-state index < -0.39 is 7.92 Å². The van der Waals surface area contributed by atoms with Gasteiger partial charge in [-0.1, -0.05) is 114 Å². The third kappa shape index (κ3) is 5.34. The highest BCUT2D eigenvalue weighted by molar-refractivity contribution is 7.73. The maximum atomic E-state index is 2.56. The molecule has 2 saturated carbocycles. The topological polar surface area (TPSA) is 0 Å². The van der Waals surface area contributed by atoms with E-state index in [4.69, 9.17) is 0 Å². The molecule has 0 aliphatic heterocycles. The van der Waals surface area contributed by atoms with Gasteiger partial charge in [-0.05, 0) is 61.2 Å². The van der Waals surface area contributed by atoms with Crippen LogP contribution < -0.4 is 15.9 Å². The maximum Gasteiger partial charge on any atom is -0.0186 e. The molecule has 5 rings (SSSR count). The van der Waals surface area contributed by atoms with E-state index >= 15 is 0 Å². The Morgan fingerprint density at radius 2 is 1.12 bits per heavy atom. The summed E-state index contributed by atoms with van der Waals surface area (Å²) in [4.78, 5) is 0. The molecule has 0 bridgehead atoms. The van der Waals surface area contributed by atoms with E-state index in [9.17, 15) is 0 Å². The van der Waals surface area contributed by atoms with E-state index in [0.717, 1.165) is 11.3 Å². The van der Waals surface area contributed by atoms with Gasteiger partial charge in [0.2, 0.25) is 0 Å². The molecule has 0 amide bonds. The van der Waals surface area contributed by atoms with Gasteiger partial charge in [-0.3, -0.25) is 0 Å². The molecule has 2 aliphatic carbocycles. The fourth-order valence-electron chi connectivity index (χ4n) is 6.34. The first kappa shape index (κ1) is 23.4. The van der Waals surface area contributed by atoms with Crippen LogP contribution >= 0.6 is 15.8 Å². The van der Waals surface area contributed by atoms with E-state index in [-0.39, 0.29) is 7.92 Å². The highest BCUT2D eigenvalue weighted by Crippen LogP contribution is 2.58. The van der Waals surface area contributed by atoms with Crippen molar-refractivity contribution in [2.24, 2.45) is 0 Å². The lowest BCUT2D eigenvalue weighted by Gasteiger charge is -2.42. The fraction of sp³-hybridized carbons (Fsp3) is 0.452. The van der Waals surface area contributed by atoms with E-state index in [1.165, 1.54) is 74.8 Å². The second-order valence-electron chi connectivity index (χ2n) is 10.1. The summed E-state index contributed by atoms with van der Waals surface area (Å²) in [6, 6.07) is 30.1.